The van der Waals surface area contributed by atoms with E-state index in [1.54, 1.807) is 11.2 Å². The van der Waals surface area contributed by atoms with Gasteiger partial charge in [-0.05, 0) is 24.5 Å². The second-order valence-corrected chi connectivity index (χ2v) is 3.69. The molecule has 1 aliphatic heterocycles. The van der Waals surface area contributed by atoms with Crippen molar-refractivity contribution < 1.29 is 4.39 Å². The van der Waals surface area contributed by atoms with Gasteiger partial charge in [0, 0.05) is 12.7 Å². The Hall–Kier alpha value is -1.00. The van der Waals surface area contributed by atoms with Crippen LogP contribution in [-0.4, -0.2) is 16.5 Å². The van der Waals surface area contributed by atoms with Gasteiger partial charge in [-0.2, -0.15) is 0 Å². The van der Waals surface area contributed by atoms with E-state index in [9.17, 15) is 4.39 Å². The maximum absolute atomic E-state index is 12.9. The average molecular weight is 195 g/mol. The molecule has 0 radical (unpaired) electrons. The van der Waals surface area contributed by atoms with Crippen LogP contribution in [0.5, 0.6) is 0 Å². The van der Waals surface area contributed by atoms with Gasteiger partial charge in [0.1, 0.15) is 5.82 Å². The van der Waals surface area contributed by atoms with Crippen LogP contribution >= 0.6 is 0 Å². The van der Waals surface area contributed by atoms with Crippen molar-refractivity contribution in [2.24, 2.45) is 5.84 Å². The first-order valence-corrected chi connectivity index (χ1v) is 4.89. The van der Waals surface area contributed by atoms with Crippen molar-refractivity contribution in [2.45, 2.75) is 25.3 Å². The summed E-state index contributed by atoms with van der Waals surface area (Å²) in [5.74, 6) is 5.55. The Morgan fingerprint density at radius 1 is 1.43 bits per heavy atom. The molecule has 2 rings (SSSR count). The van der Waals surface area contributed by atoms with Gasteiger partial charge in [-0.3, -0.25) is 10.8 Å². The normalized spacial score (nSPS) is 23.7. The van der Waals surface area contributed by atoms with Crippen LogP contribution in [0.3, 0.4) is 0 Å². The van der Waals surface area contributed by atoms with Gasteiger partial charge in [-0.1, -0.05) is 6.42 Å². The molecule has 0 aromatic carbocycles. The molecule has 0 aliphatic carbocycles. The lowest BCUT2D eigenvalue weighted by Gasteiger charge is -2.31. The summed E-state index contributed by atoms with van der Waals surface area (Å²) >= 11 is 0. The first kappa shape index (κ1) is 9.55. The standard InChI is InChI=1S/C10H14FN3/c11-9-5-8(6-13-7-9)10-3-1-2-4-14(10)12/h5-7,10H,1-4,12H2/t10-/m0/s1. The Kier molecular flexibility index (Phi) is 2.74. The molecule has 0 bridgehead atoms. The summed E-state index contributed by atoms with van der Waals surface area (Å²) in [4.78, 5) is 3.84. The number of aromatic nitrogens is 1. The molecule has 1 aromatic heterocycles. The van der Waals surface area contributed by atoms with Crippen molar-refractivity contribution in [2.75, 3.05) is 6.54 Å². The van der Waals surface area contributed by atoms with Crippen LogP contribution in [0, 0.1) is 5.82 Å². The number of pyridine rings is 1. The third-order valence-corrected chi connectivity index (χ3v) is 2.66. The van der Waals surface area contributed by atoms with Crippen LogP contribution < -0.4 is 5.84 Å². The third kappa shape index (κ3) is 1.91. The molecule has 14 heavy (non-hydrogen) atoms. The van der Waals surface area contributed by atoms with E-state index >= 15 is 0 Å². The molecule has 0 amide bonds. The largest absolute Gasteiger partial charge is 0.268 e. The number of piperidine rings is 1. The zero-order chi connectivity index (χ0) is 9.97. The second-order valence-electron chi connectivity index (χ2n) is 3.69. The molecule has 1 aromatic rings. The third-order valence-electron chi connectivity index (χ3n) is 2.66. The molecule has 1 atom stereocenters. The minimum atomic E-state index is -0.290. The van der Waals surface area contributed by atoms with Crippen molar-refractivity contribution in [3.8, 4) is 0 Å². The zero-order valence-corrected chi connectivity index (χ0v) is 7.99. The molecule has 1 aliphatic rings. The van der Waals surface area contributed by atoms with Crippen molar-refractivity contribution in [1.82, 2.24) is 9.99 Å². The smallest absolute Gasteiger partial charge is 0.141 e. The van der Waals surface area contributed by atoms with Gasteiger partial charge >= 0.3 is 0 Å². The highest BCUT2D eigenvalue weighted by Crippen LogP contribution is 2.27. The fourth-order valence-corrected chi connectivity index (χ4v) is 1.92. The van der Waals surface area contributed by atoms with Gasteiger partial charge in [-0.15, -0.1) is 0 Å². The molecule has 0 saturated carbocycles. The van der Waals surface area contributed by atoms with Gasteiger partial charge < -0.3 is 0 Å². The minimum Gasteiger partial charge on any atom is -0.268 e. The zero-order valence-electron chi connectivity index (χ0n) is 7.99. The van der Waals surface area contributed by atoms with Crippen LogP contribution in [0.2, 0.25) is 0 Å². The molecule has 0 spiro atoms. The molecule has 2 heterocycles. The van der Waals surface area contributed by atoms with Crippen LogP contribution in [0.1, 0.15) is 30.9 Å². The molecular weight excluding hydrogens is 181 g/mol. The van der Waals surface area contributed by atoms with E-state index in [1.807, 2.05) is 0 Å². The number of hydrogen-bond acceptors (Lipinski definition) is 3. The summed E-state index contributed by atoms with van der Waals surface area (Å²) in [6.45, 7) is 0.876. The number of nitrogens with two attached hydrogens (primary N) is 1. The van der Waals surface area contributed by atoms with Gasteiger partial charge in [0.05, 0.1) is 12.2 Å². The lowest BCUT2D eigenvalue weighted by atomic mass is 9.98. The van der Waals surface area contributed by atoms with E-state index in [0.717, 1.165) is 31.4 Å². The maximum atomic E-state index is 12.9. The topological polar surface area (TPSA) is 42.1 Å². The van der Waals surface area contributed by atoms with Crippen LogP contribution in [0.4, 0.5) is 4.39 Å². The van der Waals surface area contributed by atoms with Crippen molar-refractivity contribution in [1.29, 1.82) is 0 Å². The molecule has 76 valence electrons. The SMILES string of the molecule is NN1CCCC[C@H]1c1cncc(F)c1. The van der Waals surface area contributed by atoms with E-state index in [4.69, 9.17) is 5.84 Å². The Morgan fingerprint density at radius 2 is 2.29 bits per heavy atom. The van der Waals surface area contributed by atoms with Crippen molar-refractivity contribution >= 4 is 0 Å². The molecule has 3 nitrogen and oxygen atoms in total. The highest BCUT2D eigenvalue weighted by molar-refractivity contribution is 5.15. The Labute approximate surface area is 82.7 Å². The predicted molar refractivity (Wildman–Crippen MR) is 51.7 cm³/mol. The molecule has 2 N–H and O–H groups in total. The predicted octanol–water partition coefficient (Wildman–Crippen LogP) is 1.62. The number of hydrogen-bond donors (Lipinski definition) is 1. The minimum absolute atomic E-state index is 0.131. The van der Waals surface area contributed by atoms with E-state index < -0.39 is 0 Å². The quantitative estimate of drug-likeness (QED) is 0.692. The van der Waals surface area contributed by atoms with Crippen LogP contribution in [0.25, 0.3) is 0 Å². The lowest BCUT2D eigenvalue weighted by molar-refractivity contribution is 0.151. The molecule has 1 fully saturated rings. The molecule has 4 heteroatoms. The first-order chi connectivity index (χ1) is 6.77. The monoisotopic (exact) mass is 195 g/mol. The molecule has 1 saturated heterocycles. The summed E-state index contributed by atoms with van der Waals surface area (Å²) in [6, 6.07) is 1.65. The summed E-state index contributed by atoms with van der Waals surface area (Å²) in [5.41, 5.74) is 0.882. The maximum Gasteiger partial charge on any atom is 0.141 e. The number of nitrogens with zero attached hydrogens (tertiary/aromatic N) is 2. The Morgan fingerprint density at radius 3 is 3.00 bits per heavy atom. The molecular formula is C10H14FN3. The number of rotatable bonds is 1. The highest BCUT2D eigenvalue weighted by atomic mass is 19.1. The van der Waals surface area contributed by atoms with Crippen LogP contribution in [0.15, 0.2) is 18.5 Å². The van der Waals surface area contributed by atoms with Crippen molar-refractivity contribution in [3.05, 3.63) is 29.8 Å². The first-order valence-electron chi connectivity index (χ1n) is 4.89. The van der Waals surface area contributed by atoms with E-state index in [0.29, 0.717) is 0 Å². The van der Waals surface area contributed by atoms with Gasteiger partial charge in [0.2, 0.25) is 0 Å². The average Bonchev–Trinajstić information content (AvgIpc) is 2.18. The molecule has 0 unspecified atom stereocenters. The lowest BCUT2D eigenvalue weighted by Crippen LogP contribution is -2.38. The van der Waals surface area contributed by atoms with Crippen LogP contribution in [-0.2, 0) is 0 Å². The number of hydrazine groups is 1. The summed E-state index contributed by atoms with van der Waals surface area (Å²) in [6.07, 6.45) is 6.17. The van der Waals surface area contributed by atoms with E-state index in [1.165, 1.54) is 12.3 Å². The number of halogens is 1. The second kappa shape index (κ2) is 4.02. The fraction of sp³-hybridized carbons (Fsp3) is 0.500. The van der Waals surface area contributed by atoms with Crippen molar-refractivity contribution in [3.63, 3.8) is 0 Å². The Bertz CT molecular complexity index is 316. The highest BCUT2D eigenvalue weighted by Gasteiger charge is 2.21. The fourth-order valence-electron chi connectivity index (χ4n) is 1.92. The van der Waals surface area contributed by atoms with E-state index in [-0.39, 0.29) is 11.9 Å². The summed E-state index contributed by atoms with van der Waals surface area (Å²) < 4.78 is 12.9. The summed E-state index contributed by atoms with van der Waals surface area (Å²) in [5, 5.41) is 1.78. The van der Waals surface area contributed by atoms with Gasteiger partial charge in [0.25, 0.3) is 0 Å². The van der Waals surface area contributed by atoms with Gasteiger partial charge in [-0.25, -0.2) is 9.40 Å². The summed E-state index contributed by atoms with van der Waals surface area (Å²) in [7, 11) is 0. The van der Waals surface area contributed by atoms with E-state index in [2.05, 4.69) is 4.98 Å². The van der Waals surface area contributed by atoms with Gasteiger partial charge in [0.15, 0.2) is 0 Å². The Balaban J connectivity index is 2.20.